The van der Waals surface area contributed by atoms with E-state index >= 15 is 0 Å². The molecule has 2 amide bonds. The fourth-order valence-corrected chi connectivity index (χ4v) is 2.57. The Morgan fingerprint density at radius 2 is 1.88 bits per heavy atom. The number of likely N-dealkylation sites (tertiary alicyclic amines) is 1. The van der Waals surface area contributed by atoms with E-state index in [4.69, 9.17) is 5.73 Å². The molecule has 0 unspecified atom stereocenters. The second-order valence-corrected chi connectivity index (χ2v) is 5.22. The molecule has 2 aliphatic rings. The van der Waals surface area contributed by atoms with Crippen molar-refractivity contribution >= 4 is 6.03 Å². The van der Waals surface area contributed by atoms with Gasteiger partial charge in [0.05, 0.1) is 0 Å². The van der Waals surface area contributed by atoms with E-state index in [0.29, 0.717) is 6.04 Å². The summed E-state index contributed by atoms with van der Waals surface area (Å²) in [6.45, 7) is 5.99. The topological polar surface area (TPSA) is 52.8 Å². The smallest absolute Gasteiger partial charge is 0.319 e. The van der Waals surface area contributed by atoms with Gasteiger partial charge in [-0.15, -0.1) is 0 Å². The lowest BCUT2D eigenvalue weighted by Crippen LogP contribution is -2.41. The van der Waals surface area contributed by atoms with Crippen LogP contribution in [0.15, 0.2) is 0 Å². The highest BCUT2D eigenvalue weighted by Crippen LogP contribution is 2.10. The predicted molar refractivity (Wildman–Crippen MR) is 67.9 cm³/mol. The van der Waals surface area contributed by atoms with Crippen LogP contribution in [0.25, 0.3) is 0 Å². The Balaban J connectivity index is 1.61. The van der Waals surface area contributed by atoms with E-state index in [1.54, 1.807) is 4.90 Å². The maximum absolute atomic E-state index is 11.7. The summed E-state index contributed by atoms with van der Waals surface area (Å²) in [6, 6.07) is 0.589. The highest BCUT2D eigenvalue weighted by molar-refractivity contribution is 5.76. The van der Waals surface area contributed by atoms with Crippen LogP contribution in [-0.4, -0.2) is 73.1 Å². The van der Waals surface area contributed by atoms with Crippen LogP contribution >= 0.6 is 0 Å². The third-order valence-electron chi connectivity index (χ3n) is 3.84. The van der Waals surface area contributed by atoms with E-state index < -0.39 is 0 Å². The normalized spacial score (nSPS) is 23.8. The van der Waals surface area contributed by atoms with Gasteiger partial charge >= 0.3 is 6.03 Å². The van der Waals surface area contributed by atoms with Crippen molar-refractivity contribution in [1.82, 2.24) is 14.7 Å². The van der Waals surface area contributed by atoms with Crippen molar-refractivity contribution in [3.8, 4) is 0 Å². The lowest BCUT2D eigenvalue weighted by atomic mass is 10.1. The zero-order valence-corrected chi connectivity index (χ0v) is 10.8. The summed E-state index contributed by atoms with van der Waals surface area (Å²) in [5, 5.41) is 0. The largest absolute Gasteiger partial charge is 0.328 e. The van der Waals surface area contributed by atoms with Gasteiger partial charge in [-0.25, -0.2) is 4.79 Å². The average Bonchev–Trinajstić information content (AvgIpc) is 2.64. The first-order chi connectivity index (χ1) is 8.16. The molecule has 2 rings (SSSR count). The molecule has 0 aromatic carbocycles. The quantitative estimate of drug-likeness (QED) is 0.762. The van der Waals surface area contributed by atoms with Gasteiger partial charge in [0.2, 0.25) is 0 Å². The zero-order chi connectivity index (χ0) is 12.3. The summed E-state index contributed by atoms with van der Waals surface area (Å²) >= 11 is 0. The van der Waals surface area contributed by atoms with Crippen LogP contribution in [0.2, 0.25) is 0 Å². The number of carbonyl (C=O) groups excluding carboxylic acids is 1. The number of hydrogen-bond acceptors (Lipinski definition) is 3. The molecule has 0 radical (unpaired) electrons. The fraction of sp³-hybridized carbons (Fsp3) is 0.917. The molecule has 0 saturated carbocycles. The minimum atomic E-state index is 0.186. The molecule has 0 bridgehead atoms. The Hall–Kier alpha value is -0.810. The van der Waals surface area contributed by atoms with Crippen LogP contribution < -0.4 is 5.73 Å². The standard InChI is InChI=1S/C12H24N4O/c1-14-9-10-16(12(14)17)6-2-5-15-7-3-11(13)4-8-15/h11H,2-10,13H2,1H3. The molecular weight excluding hydrogens is 216 g/mol. The minimum absolute atomic E-state index is 0.186. The Kier molecular flexibility index (Phi) is 4.23. The average molecular weight is 240 g/mol. The monoisotopic (exact) mass is 240 g/mol. The van der Waals surface area contributed by atoms with Crippen molar-refractivity contribution in [3.63, 3.8) is 0 Å². The van der Waals surface area contributed by atoms with Crippen LogP contribution in [0.3, 0.4) is 0 Å². The van der Waals surface area contributed by atoms with Crippen LogP contribution in [0.1, 0.15) is 19.3 Å². The van der Waals surface area contributed by atoms with Crippen molar-refractivity contribution in [1.29, 1.82) is 0 Å². The van der Waals surface area contributed by atoms with Gasteiger partial charge in [0.25, 0.3) is 0 Å². The molecule has 2 N–H and O–H groups in total. The summed E-state index contributed by atoms with van der Waals surface area (Å²) < 4.78 is 0. The van der Waals surface area contributed by atoms with Crippen molar-refractivity contribution < 1.29 is 4.79 Å². The molecule has 2 saturated heterocycles. The van der Waals surface area contributed by atoms with Crippen molar-refractivity contribution in [2.45, 2.75) is 25.3 Å². The van der Waals surface area contributed by atoms with Gasteiger partial charge in [0.1, 0.15) is 0 Å². The maximum Gasteiger partial charge on any atom is 0.319 e. The van der Waals surface area contributed by atoms with E-state index in [-0.39, 0.29) is 6.03 Å². The predicted octanol–water partition coefficient (Wildman–Crippen LogP) is 0.167. The molecule has 0 aromatic heterocycles. The second-order valence-electron chi connectivity index (χ2n) is 5.22. The van der Waals surface area contributed by atoms with E-state index in [0.717, 1.165) is 58.5 Å². The number of urea groups is 1. The molecule has 17 heavy (non-hydrogen) atoms. The Morgan fingerprint density at radius 3 is 2.47 bits per heavy atom. The highest BCUT2D eigenvalue weighted by atomic mass is 16.2. The van der Waals surface area contributed by atoms with Gasteiger partial charge in [0.15, 0.2) is 0 Å². The molecule has 2 heterocycles. The summed E-state index contributed by atoms with van der Waals surface area (Å²) in [6.07, 6.45) is 3.31. The minimum Gasteiger partial charge on any atom is -0.328 e. The fourth-order valence-electron chi connectivity index (χ4n) is 2.57. The summed E-state index contributed by atoms with van der Waals surface area (Å²) in [5.74, 6) is 0. The number of carbonyl (C=O) groups is 1. The van der Waals surface area contributed by atoms with Gasteiger partial charge in [-0.3, -0.25) is 0 Å². The van der Waals surface area contributed by atoms with Crippen molar-refractivity contribution in [3.05, 3.63) is 0 Å². The maximum atomic E-state index is 11.7. The van der Waals surface area contributed by atoms with Gasteiger partial charge in [0, 0.05) is 32.7 Å². The second kappa shape index (κ2) is 5.69. The number of amides is 2. The van der Waals surface area contributed by atoms with Gasteiger partial charge in [-0.2, -0.15) is 0 Å². The molecule has 0 aromatic rings. The molecule has 0 aliphatic carbocycles. The first-order valence-corrected chi connectivity index (χ1v) is 6.65. The first kappa shape index (κ1) is 12.6. The first-order valence-electron chi connectivity index (χ1n) is 6.65. The Labute approximate surface area is 104 Å². The lowest BCUT2D eigenvalue weighted by molar-refractivity contribution is 0.186. The van der Waals surface area contributed by atoms with Crippen molar-refractivity contribution in [2.24, 2.45) is 5.73 Å². The molecule has 2 aliphatic heterocycles. The molecule has 2 fully saturated rings. The lowest BCUT2D eigenvalue weighted by Gasteiger charge is -2.30. The van der Waals surface area contributed by atoms with Gasteiger partial charge in [-0.05, 0) is 38.9 Å². The number of nitrogens with zero attached hydrogens (tertiary/aromatic N) is 3. The van der Waals surface area contributed by atoms with Crippen molar-refractivity contribution in [2.75, 3.05) is 46.3 Å². The van der Waals surface area contributed by atoms with Crippen LogP contribution in [-0.2, 0) is 0 Å². The van der Waals surface area contributed by atoms with E-state index in [9.17, 15) is 4.79 Å². The van der Waals surface area contributed by atoms with E-state index in [1.807, 2.05) is 11.9 Å². The molecule has 0 atom stereocenters. The molecular formula is C12H24N4O. The molecule has 5 heteroatoms. The number of nitrogens with two attached hydrogens (primary N) is 1. The summed E-state index contributed by atoms with van der Waals surface area (Å²) in [5.41, 5.74) is 5.87. The number of hydrogen-bond donors (Lipinski definition) is 1. The third-order valence-corrected chi connectivity index (χ3v) is 3.84. The third kappa shape index (κ3) is 3.33. The van der Waals surface area contributed by atoms with Gasteiger partial charge in [-0.1, -0.05) is 0 Å². The number of piperidine rings is 1. The van der Waals surface area contributed by atoms with Crippen LogP contribution in [0.4, 0.5) is 4.79 Å². The Morgan fingerprint density at radius 1 is 1.18 bits per heavy atom. The zero-order valence-electron chi connectivity index (χ0n) is 10.8. The molecule has 98 valence electrons. The summed E-state index contributed by atoms with van der Waals surface area (Å²) in [7, 11) is 1.87. The van der Waals surface area contributed by atoms with Crippen LogP contribution in [0, 0.1) is 0 Å². The Bertz CT molecular complexity index is 263. The van der Waals surface area contributed by atoms with Gasteiger partial charge < -0.3 is 20.4 Å². The van der Waals surface area contributed by atoms with E-state index in [1.165, 1.54) is 0 Å². The molecule has 0 spiro atoms. The van der Waals surface area contributed by atoms with Crippen LogP contribution in [0.5, 0.6) is 0 Å². The summed E-state index contributed by atoms with van der Waals surface area (Å²) in [4.78, 5) is 17.9. The van der Waals surface area contributed by atoms with E-state index in [2.05, 4.69) is 4.90 Å². The molecule has 5 nitrogen and oxygen atoms in total. The number of likely N-dealkylation sites (N-methyl/N-ethyl adjacent to an activating group) is 1. The SMILES string of the molecule is CN1CCN(CCCN2CCC(N)CC2)C1=O. The highest BCUT2D eigenvalue weighted by Gasteiger charge is 2.24. The number of rotatable bonds is 4.